The quantitative estimate of drug-likeness (QED) is 0.715. The molecule has 1 aliphatic heterocycles. The van der Waals surface area contributed by atoms with Crippen LogP contribution in [0.5, 0.6) is 0 Å². The number of hydrogen-bond donors (Lipinski definition) is 1. The van der Waals surface area contributed by atoms with E-state index in [1.54, 1.807) is 6.20 Å². The summed E-state index contributed by atoms with van der Waals surface area (Å²) >= 11 is 5.96. The maximum absolute atomic E-state index is 11.3. The van der Waals surface area contributed by atoms with Gasteiger partial charge < -0.3 is 22.1 Å². The third kappa shape index (κ3) is 2.98. The molecule has 2 heterocycles. The predicted molar refractivity (Wildman–Crippen MR) is 82.0 cm³/mol. The van der Waals surface area contributed by atoms with Crippen LogP contribution in [-0.2, 0) is 12.3 Å². The molecule has 0 saturated carbocycles. The van der Waals surface area contributed by atoms with Gasteiger partial charge in [-0.05, 0) is 18.1 Å². The Morgan fingerprint density at radius 1 is 1.36 bits per heavy atom. The monoisotopic (exact) mass is 383 g/mol. The van der Waals surface area contributed by atoms with Crippen molar-refractivity contribution in [3.05, 3.63) is 53.3 Å². The van der Waals surface area contributed by atoms with Gasteiger partial charge in [-0.25, -0.2) is 9.47 Å². The molecule has 1 atom stereocenters. The summed E-state index contributed by atoms with van der Waals surface area (Å²) in [5, 5.41) is 12.0. The van der Waals surface area contributed by atoms with Crippen molar-refractivity contribution in [1.82, 2.24) is 4.98 Å². The van der Waals surface area contributed by atoms with Crippen LogP contribution in [0.3, 0.4) is 0 Å². The van der Waals surface area contributed by atoms with Crippen LogP contribution < -0.4 is 26.4 Å². The van der Waals surface area contributed by atoms with Gasteiger partial charge in [-0.15, -0.1) is 0 Å². The van der Waals surface area contributed by atoms with Gasteiger partial charge >= 0.3 is 5.95 Å². The van der Waals surface area contributed by atoms with Crippen LogP contribution in [-0.4, -0.2) is 16.6 Å². The fraction of sp³-hybridized carbons (Fsp3) is 0.375. The first-order valence-corrected chi connectivity index (χ1v) is 7.49. The highest BCUT2D eigenvalue weighted by atomic mass is 79.9. The number of fused-ring (bicyclic) bond motifs is 1. The summed E-state index contributed by atoms with van der Waals surface area (Å²) in [7, 11) is 0. The molecule has 3 rings (SSSR count). The van der Waals surface area contributed by atoms with Gasteiger partial charge in [0.25, 0.3) is 0 Å². The zero-order chi connectivity index (χ0) is 15.0. The van der Waals surface area contributed by atoms with Crippen molar-refractivity contribution in [1.29, 1.82) is 0 Å². The van der Waals surface area contributed by atoms with E-state index < -0.39 is 5.72 Å². The molecule has 0 amide bonds. The van der Waals surface area contributed by atoms with Gasteiger partial charge in [0, 0.05) is 16.7 Å². The van der Waals surface area contributed by atoms with Gasteiger partial charge in [0.15, 0.2) is 0 Å². The van der Waals surface area contributed by atoms with E-state index in [2.05, 4.69) is 18.8 Å². The number of rotatable bonds is 3. The first-order valence-electron chi connectivity index (χ1n) is 7.11. The molecule has 1 aromatic heterocycles. The van der Waals surface area contributed by atoms with Gasteiger partial charge in [-0.2, -0.15) is 0 Å². The summed E-state index contributed by atoms with van der Waals surface area (Å²) < 4.78 is 1.98. The lowest BCUT2D eigenvalue weighted by Crippen LogP contribution is -3.00. The first-order chi connectivity index (χ1) is 10.0. The van der Waals surface area contributed by atoms with Gasteiger partial charge in [0.05, 0.1) is 12.7 Å². The summed E-state index contributed by atoms with van der Waals surface area (Å²) in [5.41, 5.74) is -0.256. The van der Waals surface area contributed by atoms with Crippen molar-refractivity contribution in [2.24, 2.45) is 5.92 Å². The molecule has 0 aliphatic carbocycles. The minimum absolute atomic E-state index is 0. The highest BCUT2D eigenvalue weighted by Crippen LogP contribution is 2.34. The van der Waals surface area contributed by atoms with Gasteiger partial charge in [0.2, 0.25) is 5.72 Å². The number of benzene rings is 1. The summed E-state index contributed by atoms with van der Waals surface area (Å²) in [6.45, 7) is 5.46. The lowest BCUT2D eigenvalue weighted by Gasteiger charge is -2.29. The zero-order valence-corrected chi connectivity index (χ0v) is 14.9. The normalized spacial score (nSPS) is 20.0. The number of hydrogen-bond acceptors (Lipinski definition) is 3. The molecule has 1 N–H and O–H groups in total. The maximum Gasteiger partial charge on any atom is 0.396 e. The lowest BCUT2D eigenvalue weighted by molar-refractivity contribution is -0.685. The molecule has 0 radical (unpaired) electrons. The van der Waals surface area contributed by atoms with E-state index in [0.717, 1.165) is 18.1 Å². The molecule has 1 aromatic carbocycles. The van der Waals surface area contributed by atoms with Crippen LogP contribution in [0.25, 0.3) is 0 Å². The van der Waals surface area contributed by atoms with E-state index in [4.69, 9.17) is 11.6 Å². The number of aromatic nitrogens is 2. The van der Waals surface area contributed by atoms with Crippen LogP contribution in [0.2, 0.25) is 5.02 Å². The van der Waals surface area contributed by atoms with E-state index in [1.807, 2.05) is 46.0 Å². The minimum atomic E-state index is -1.09. The Labute approximate surface area is 146 Å². The second kappa shape index (κ2) is 6.52. The van der Waals surface area contributed by atoms with E-state index in [9.17, 15) is 5.11 Å². The van der Waals surface area contributed by atoms with Crippen molar-refractivity contribution in [2.75, 3.05) is 11.4 Å². The van der Waals surface area contributed by atoms with Crippen molar-refractivity contribution < 1.29 is 26.7 Å². The number of halogens is 2. The Balaban J connectivity index is 0.00000176. The van der Waals surface area contributed by atoms with E-state index in [0.29, 0.717) is 17.5 Å². The molecular formula is C16H19BrClN3O. The predicted octanol–water partition coefficient (Wildman–Crippen LogP) is -0.652. The molecule has 4 nitrogen and oxygen atoms in total. The first kappa shape index (κ1) is 17.2. The number of aliphatic hydroxyl groups is 1. The van der Waals surface area contributed by atoms with Crippen LogP contribution in [0.4, 0.5) is 5.95 Å². The lowest BCUT2D eigenvalue weighted by atomic mass is 10.0. The van der Waals surface area contributed by atoms with Crippen molar-refractivity contribution in [3.8, 4) is 0 Å². The molecule has 0 saturated heterocycles. The fourth-order valence-electron chi connectivity index (χ4n) is 2.79. The molecule has 0 fully saturated rings. The molecule has 22 heavy (non-hydrogen) atoms. The summed E-state index contributed by atoms with van der Waals surface area (Å²) in [6, 6.07) is 9.25. The Morgan fingerprint density at radius 2 is 2.05 bits per heavy atom. The molecule has 0 spiro atoms. The standard InChI is InChI=1S/C16H19ClN3O.BrH/c1-12(2)10-20-15-18-8-3-9-19(15)11-16(20,21)13-4-6-14(17)7-5-13;/h3-9,12,21H,10-11H2,1-2H3;1H/q+1;/p-1. The minimum Gasteiger partial charge on any atom is -1.00 e. The van der Waals surface area contributed by atoms with Crippen molar-refractivity contribution in [2.45, 2.75) is 26.1 Å². The Kier molecular flexibility index (Phi) is 5.10. The summed E-state index contributed by atoms with van der Waals surface area (Å²) in [4.78, 5) is 6.41. The van der Waals surface area contributed by atoms with Crippen LogP contribution in [0.15, 0.2) is 42.7 Å². The number of anilines is 1. The Bertz CT molecular complexity index is 650. The third-order valence-corrected chi connectivity index (χ3v) is 3.98. The summed E-state index contributed by atoms with van der Waals surface area (Å²) in [5.74, 6) is 1.21. The second-order valence-electron chi connectivity index (χ2n) is 5.88. The highest BCUT2D eigenvalue weighted by molar-refractivity contribution is 6.30. The molecule has 1 aliphatic rings. The molecule has 118 valence electrons. The number of nitrogens with zero attached hydrogens (tertiary/aromatic N) is 3. The summed E-state index contributed by atoms with van der Waals surface area (Å²) in [6.07, 6.45) is 3.70. The Morgan fingerprint density at radius 3 is 2.68 bits per heavy atom. The van der Waals surface area contributed by atoms with Gasteiger partial charge in [-0.1, -0.05) is 42.6 Å². The molecule has 2 aromatic rings. The van der Waals surface area contributed by atoms with Crippen LogP contribution in [0, 0.1) is 5.92 Å². The smallest absolute Gasteiger partial charge is 0.396 e. The molecule has 0 bridgehead atoms. The maximum atomic E-state index is 11.3. The van der Waals surface area contributed by atoms with E-state index in [-0.39, 0.29) is 17.0 Å². The van der Waals surface area contributed by atoms with Gasteiger partial charge in [-0.3, -0.25) is 0 Å². The second-order valence-corrected chi connectivity index (χ2v) is 6.31. The van der Waals surface area contributed by atoms with Crippen LogP contribution >= 0.6 is 11.6 Å². The van der Waals surface area contributed by atoms with Crippen molar-refractivity contribution in [3.63, 3.8) is 0 Å². The Hall–Kier alpha value is -1.17. The van der Waals surface area contributed by atoms with E-state index >= 15 is 0 Å². The largest absolute Gasteiger partial charge is 1.00 e. The van der Waals surface area contributed by atoms with E-state index in [1.165, 1.54) is 0 Å². The fourth-order valence-corrected chi connectivity index (χ4v) is 2.92. The van der Waals surface area contributed by atoms with Gasteiger partial charge in [0.1, 0.15) is 12.7 Å². The molecular weight excluding hydrogens is 366 g/mol. The average Bonchev–Trinajstić information content (AvgIpc) is 2.73. The highest BCUT2D eigenvalue weighted by Gasteiger charge is 2.51. The van der Waals surface area contributed by atoms with Crippen LogP contribution in [0.1, 0.15) is 19.4 Å². The zero-order valence-electron chi connectivity index (χ0n) is 12.6. The topological polar surface area (TPSA) is 40.2 Å². The SMILES string of the molecule is CC(C)CN1c2nccc[n+]2CC1(O)c1ccc(Cl)cc1.[Br-]. The third-order valence-electron chi connectivity index (χ3n) is 3.73. The van der Waals surface area contributed by atoms with Crippen molar-refractivity contribution >= 4 is 17.5 Å². The molecule has 1 unspecified atom stereocenters. The average molecular weight is 385 g/mol. The molecule has 6 heteroatoms.